The van der Waals surface area contributed by atoms with Crippen LogP contribution in [0.4, 0.5) is 0 Å². The van der Waals surface area contributed by atoms with Gasteiger partial charge in [-0.3, -0.25) is 4.98 Å². The molecule has 4 aromatic rings. The lowest BCUT2D eigenvalue weighted by Crippen LogP contribution is -1.96. The van der Waals surface area contributed by atoms with Gasteiger partial charge in [0.2, 0.25) is 0 Å². The molecule has 0 aliphatic carbocycles. The number of fused-ring (bicyclic) bond motifs is 1. The van der Waals surface area contributed by atoms with Gasteiger partial charge < -0.3 is 10.2 Å². The minimum absolute atomic E-state index is 0.0986. The molecule has 0 aliphatic rings. The molecule has 3 aromatic carbocycles. The second kappa shape index (κ2) is 7.31. The molecule has 134 valence electrons. The zero-order valence-electron chi connectivity index (χ0n) is 15.2. The number of nitrogens with zero attached hydrogens (tertiary/aromatic N) is 1. The van der Waals surface area contributed by atoms with Crippen LogP contribution in [0.15, 0.2) is 72.9 Å². The van der Waals surface area contributed by atoms with Crippen molar-refractivity contribution in [3.05, 3.63) is 89.6 Å². The van der Waals surface area contributed by atoms with Crippen LogP contribution >= 0.6 is 0 Å². The van der Waals surface area contributed by atoms with Crippen molar-refractivity contribution >= 4 is 10.9 Å². The van der Waals surface area contributed by atoms with E-state index in [1.165, 1.54) is 16.7 Å². The van der Waals surface area contributed by atoms with E-state index in [-0.39, 0.29) is 13.2 Å². The highest BCUT2D eigenvalue weighted by atomic mass is 16.3. The number of hydrogen-bond acceptors (Lipinski definition) is 3. The molecule has 0 bridgehead atoms. The molecule has 2 N–H and O–H groups in total. The molecule has 0 atom stereocenters. The Morgan fingerprint density at radius 2 is 1.41 bits per heavy atom. The van der Waals surface area contributed by atoms with Crippen LogP contribution in [0.25, 0.3) is 33.2 Å². The summed E-state index contributed by atoms with van der Waals surface area (Å²) in [4.78, 5) is 4.59. The SMILES string of the molecule is Cc1c(-c2ccccc2)cccc1-c1cnc2cc(CO)c(CO)cc2c1. The van der Waals surface area contributed by atoms with Crippen LogP contribution in [-0.2, 0) is 13.2 Å². The average Bonchev–Trinajstić information content (AvgIpc) is 2.73. The first-order valence-corrected chi connectivity index (χ1v) is 9.00. The highest BCUT2D eigenvalue weighted by Gasteiger charge is 2.10. The van der Waals surface area contributed by atoms with Crippen molar-refractivity contribution in [2.75, 3.05) is 0 Å². The first kappa shape index (κ1) is 17.4. The third-order valence-electron chi connectivity index (χ3n) is 5.07. The maximum atomic E-state index is 9.57. The molecule has 3 nitrogen and oxygen atoms in total. The van der Waals surface area contributed by atoms with E-state index in [0.717, 1.165) is 27.6 Å². The molecule has 1 heterocycles. The van der Waals surface area contributed by atoms with Crippen LogP contribution in [-0.4, -0.2) is 15.2 Å². The van der Waals surface area contributed by atoms with Gasteiger partial charge in [0.25, 0.3) is 0 Å². The molecule has 0 unspecified atom stereocenters. The minimum atomic E-state index is -0.104. The van der Waals surface area contributed by atoms with Crippen LogP contribution in [0.1, 0.15) is 16.7 Å². The van der Waals surface area contributed by atoms with Gasteiger partial charge in [0.15, 0.2) is 0 Å². The molecule has 4 rings (SSSR count). The summed E-state index contributed by atoms with van der Waals surface area (Å²) in [6, 6.07) is 22.5. The van der Waals surface area contributed by atoms with Crippen molar-refractivity contribution in [3.63, 3.8) is 0 Å². The van der Waals surface area contributed by atoms with Gasteiger partial charge in [0.1, 0.15) is 0 Å². The number of aromatic nitrogens is 1. The van der Waals surface area contributed by atoms with Gasteiger partial charge in [-0.1, -0.05) is 48.5 Å². The predicted molar refractivity (Wildman–Crippen MR) is 109 cm³/mol. The fourth-order valence-electron chi connectivity index (χ4n) is 3.59. The molecule has 0 radical (unpaired) electrons. The van der Waals surface area contributed by atoms with Crippen molar-refractivity contribution < 1.29 is 10.2 Å². The number of benzene rings is 3. The van der Waals surface area contributed by atoms with Gasteiger partial charge in [-0.05, 0) is 58.5 Å². The van der Waals surface area contributed by atoms with Gasteiger partial charge in [0, 0.05) is 17.1 Å². The van der Waals surface area contributed by atoms with E-state index in [9.17, 15) is 10.2 Å². The van der Waals surface area contributed by atoms with Crippen molar-refractivity contribution in [1.29, 1.82) is 0 Å². The zero-order chi connectivity index (χ0) is 18.8. The number of pyridine rings is 1. The molecular formula is C24H21NO2. The summed E-state index contributed by atoms with van der Waals surface area (Å²) in [6.07, 6.45) is 1.87. The van der Waals surface area contributed by atoms with Crippen LogP contribution in [0, 0.1) is 6.92 Å². The molecule has 27 heavy (non-hydrogen) atoms. The van der Waals surface area contributed by atoms with Crippen molar-refractivity contribution in [2.24, 2.45) is 0 Å². The Morgan fingerprint density at radius 3 is 2.11 bits per heavy atom. The van der Waals surface area contributed by atoms with Crippen LogP contribution < -0.4 is 0 Å². The maximum absolute atomic E-state index is 9.57. The molecular weight excluding hydrogens is 334 g/mol. The second-order valence-corrected chi connectivity index (χ2v) is 6.70. The van der Waals surface area contributed by atoms with Crippen molar-refractivity contribution in [3.8, 4) is 22.3 Å². The van der Waals surface area contributed by atoms with Crippen LogP contribution in [0.5, 0.6) is 0 Å². The lowest BCUT2D eigenvalue weighted by Gasteiger charge is -2.13. The summed E-state index contributed by atoms with van der Waals surface area (Å²) >= 11 is 0. The minimum Gasteiger partial charge on any atom is -0.392 e. The molecule has 3 heteroatoms. The highest BCUT2D eigenvalue weighted by Crippen LogP contribution is 2.33. The average molecular weight is 355 g/mol. The van der Waals surface area contributed by atoms with Gasteiger partial charge in [-0.2, -0.15) is 0 Å². The number of hydrogen-bond donors (Lipinski definition) is 2. The number of aliphatic hydroxyl groups is 2. The smallest absolute Gasteiger partial charge is 0.0706 e. The fraction of sp³-hybridized carbons (Fsp3) is 0.125. The summed E-state index contributed by atoms with van der Waals surface area (Å²) in [6.45, 7) is 1.93. The highest BCUT2D eigenvalue weighted by molar-refractivity contribution is 5.87. The fourth-order valence-corrected chi connectivity index (χ4v) is 3.59. The topological polar surface area (TPSA) is 53.4 Å². The summed E-state index contributed by atoms with van der Waals surface area (Å²) in [5, 5.41) is 20.0. The van der Waals surface area contributed by atoms with E-state index in [1.54, 1.807) is 0 Å². The molecule has 1 aromatic heterocycles. The molecule has 0 amide bonds. The van der Waals surface area contributed by atoms with E-state index in [0.29, 0.717) is 5.56 Å². The van der Waals surface area contributed by atoms with E-state index < -0.39 is 0 Å². The third-order valence-corrected chi connectivity index (χ3v) is 5.07. The normalized spacial score (nSPS) is 11.1. The molecule has 0 saturated carbocycles. The Balaban J connectivity index is 1.85. The van der Waals surface area contributed by atoms with Gasteiger partial charge in [0.05, 0.1) is 18.7 Å². The van der Waals surface area contributed by atoms with Crippen LogP contribution in [0.3, 0.4) is 0 Å². The van der Waals surface area contributed by atoms with Gasteiger partial charge in [-0.25, -0.2) is 0 Å². The lowest BCUT2D eigenvalue weighted by atomic mass is 9.93. The van der Waals surface area contributed by atoms with Crippen molar-refractivity contribution in [1.82, 2.24) is 4.98 Å². The standard InChI is InChI=1S/C24H21NO2/c1-16-22(17-6-3-2-4-7-17)8-5-9-23(16)19-10-18-11-20(14-26)21(15-27)12-24(18)25-13-19/h2-13,26-27H,14-15H2,1H3. The van der Waals surface area contributed by atoms with Gasteiger partial charge in [-0.15, -0.1) is 0 Å². The van der Waals surface area contributed by atoms with Crippen molar-refractivity contribution in [2.45, 2.75) is 20.1 Å². The second-order valence-electron chi connectivity index (χ2n) is 6.70. The molecule has 0 saturated heterocycles. The Hall–Kier alpha value is -3.01. The summed E-state index contributed by atoms with van der Waals surface area (Å²) in [5.41, 5.74) is 8.06. The maximum Gasteiger partial charge on any atom is 0.0706 e. The largest absolute Gasteiger partial charge is 0.392 e. The quantitative estimate of drug-likeness (QED) is 0.549. The Morgan fingerprint density at radius 1 is 0.741 bits per heavy atom. The Kier molecular flexibility index (Phi) is 4.71. The summed E-state index contributed by atoms with van der Waals surface area (Å²) in [5.74, 6) is 0. The zero-order valence-corrected chi connectivity index (χ0v) is 15.2. The molecule has 0 fully saturated rings. The van der Waals surface area contributed by atoms with Gasteiger partial charge >= 0.3 is 0 Å². The van der Waals surface area contributed by atoms with E-state index in [2.05, 4.69) is 48.3 Å². The first-order valence-electron chi connectivity index (χ1n) is 9.00. The van der Waals surface area contributed by atoms with E-state index in [1.807, 2.05) is 36.5 Å². The first-order chi connectivity index (χ1) is 13.2. The Bertz CT molecular complexity index is 1100. The molecule has 0 spiro atoms. The van der Waals surface area contributed by atoms with Crippen LogP contribution in [0.2, 0.25) is 0 Å². The number of rotatable bonds is 4. The molecule has 0 aliphatic heterocycles. The predicted octanol–water partition coefficient (Wildman–Crippen LogP) is 4.86. The summed E-state index contributed by atoms with van der Waals surface area (Å²) < 4.78 is 0. The Labute approximate surface area is 158 Å². The van der Waals surface area contributed by atoms with E-state index in [4.69, 9.17) is 0 Å². The number of aliphatic hydroxyl groups excluding tert-OH is 2. The monoisotopic (exact) mass is 355 g/mol. The summed E-state index contributed by atoms with van der Waals surface area (Å²) in [7, 11) is 0. The third kappa shape index (κ3) is 3.23. The van der Waals surface area contributed by atoms with E-state index >= 15 is 0 Å². The lowest BCUT2D eigenvalue weighted by molar-refractivity contribution is 0.260.